The third-order valence-electron chi connectivity index (χ3n) is 3.09. The quantitative estimate of drug-likeness (QED) is 0.550. The fraction of sp³-hybridized carbons (Fsp3) is 0.333. The van der Waals surface area contributed by atoms with Crippen LogP contribution >= 0.6 is 49.9 Å². The highest BCUT2D eigenvalue weighted by Crippen LogP contribution is 2.28. The summed E-state index contributed by atoms with van der Waals surface area (Å²) in [6, 6.07) is 7.66. The molecule has 20 heavy (non-hydrogen) atoms. The van der Waals surface area contributed by atoms with E-state index in [1.165, 1.54) is 14.5 Å². The molecule has 0 bridgehead atoms. The van der Waals surface area contributed by atoms with Gasteiger partial charge >= 0.3 is 0 Å². The van der Waals surface area contributed by atoms with Crippen LogP contribution in [0.3, 0.4) is 0 Å². The van der Waals surface area contributed by atoms with Crippen LogP contribution in [0.15, 0.2) is 34.1 Å². The first-order valence-electron chi connectivity index (χ1n) is 6.52. The number of hydrogen-bond acceptors (Lipinski definition) is 2. The molecule has 0 saturated heterocycles. The highest BCUT2D eigenvalue weighted by molar-refractivity contribution is 14.1. The van der Waals surface area contributed by atoms with Crippen molar-refractivity contribution >= 4 is 49.9 Å². The van der Waals surface area contributed by atoms with Crippen molar-refractivity contribution in [3.63, 3.8) is 0 Å². The third-order valence-corrected chi connectivity index (χ3v) is 5.78. The first-order valence-corrected chi connectivity index (χ1v) is 9.27. The highest BCUT2D eigenvalue weighted by atomic mass is 127. The Kier molecular flexibility index (Phi) is 6.45. The lowest BCUT2D eigenvalue weighted by Gasteiger charge is -2.18. The maximum absolute atomic E-state index is 13.6. The van der Waals surface area contributed by atoms with E-state index >= 15 is 0 Å². The van der Waals surface area contributed by atoms with Gasteiger partial charge in [-0.25, -0.2) is 4.39 Å². The van der Waals surface area contributed by atoms with E-state index in [4.69, 9.17) is 0 Å². The molecule has 0 saturated carbocycles. The molecule has 0 aliphatic carbocycles. The van der Waals surface area contributed by atoms with Crippen molar-refractivity contribution in [3.05, 3.63) is 53.9 Å². The van der Waals surface area contributed by atoms with Crippen LogP contribution in [0.4, 0.5) is 4.39 Å². The van der Waals surface area contributed by atoms with Crippen LogP contribution in [-0.4, -0.2) is 6.54 Å². The first-order chi connectivity index (χ1) is 9.61. The van der Waals surface area contributed by atoms with Gasteiger partial charge in [0.2, 0.25) is 0 Å². The first kappa shape index (κ1) is 16.4. The Hall–Kier alpha value is 0.0200. The summed E-state index contributed by atoms with van der Waals surface area (Å²) in [6.45, 7) is 3.11. The van der Waals surface area contributed by atoms with Gasteiger partial charge in [0, 0.05) is 6.04 Å². The second-order valence-corrected chi connectivity index (χ2v) is 8.21. The predicted molar refractivity (Wildman–Crippen MR) is 95.9 cm³/mol. The summed E-state index contributed by atoms with van der Waals surface area (Å²) in [5.41, 5.74) is 2.28. The fourth-order valence-electron chi connectivity index (χ4n) is 2.06. The number of halogens is 3. The van der Waals surface area contributed by atoms with Gasteiger partial charge in [-0.15, -0.1) is 11.3 Å². The Morgan fingerprint density at radius 2 is 2.25 bits per heavy atom. The van der Waals surface area contributed by atoms with Crippen molar-refractivity contribution in [2.45, 2.75) is 25.8 Å². The van der Waals surface area contributed by atoms with E-state index in [1.807, 2.05) is 6.07 Å². The highest BCUT2D eigenvalue weighted by Gasteiger charge is 2.16. The van der Waals surface area contributed by atoms with Crippen molar-refractivity contribution in [2.75, 3.05) is 6.54 Å². The Bertz CT molecular complexity index is 573. The van der Waals surface area contributed by atoms with Crippen LogP contribution < -0.4 is 5.32 Å². The number of hydrogen-bond donors (Lipinski definition) is 1. The van der Waals surface area contributed by atoms with Gasteiger partial charge in [-0.05, 0) is 86.5 Å². The summed E-state index contributed by atoms with van der Waals surface area (Å²) in [4.78, 5) is 0. The smallest absolute Gasteiger partial charge is 0.137 e. The minimum atomic E-state index is -0.198. The molecule has 2 rings (SSSR count). The number of rotatable bonds is 6. The Morgan fingerprint density at radius 3 is 2.90 bits per heavy atom. The lowest BCUT2D eigenvalue weighted by atomic mass is 10.0. The van der Waals surface area contributed by atoms with E-state index in [0.717, 1.165) is 24.9 Å². The number of nitrogens with one attached hydrogen (secondary N) is 1. The van der Waals surface area contributed by atoms with Crippen LogP contribution in [0.2, 0.25) is 0 Å². The van der Waals surface area contributed by atoms with Crippen LogP contribution in [0.25, 0.3) is 0 Å². The second kappa shape index (κ2) is 7.87. The van der Waals surface area contributed by atoms with Gasteiger partial charge in [0.1, 0.15) is 5.82 Å². The molecule has 1 aromatic heterocycles. The minimum absolute atomic E-state index is 0.198. The third kappa shape index (κ3) is 4.26. The normalized spacial score (nSPS) is 12.6. The van der Waals surface area contributed by atoms with E-state index in [1.54, 1.807) is 17.4 Å². The van der Waals surface area contributed by atoms with Crippen LogP contribution in [0.5, 0.6) is 0 Å². The average molecular weight is 468 g/mol. The zero-order valence-corrected chi connectivity index (χ0v) is 15.7. The standard InChI is InChI=1S/C15H16BrFINS/c1-2-6-19-13(11-8-14(18)20-9-11)7-10-4-3-5-12(17)15(10)16/h3-5,8-9,13,19H,2,6-7H2,1H3. The van der Waals surface area contributed by atoms with E-state index in [-0.39, 0.29) is 11.9 Å². The number of benzene rings is 1. The summed E-state index contributed by atoms with van der Waals surface area (Å²) in [6.07, 6.45) is 1.87. The number of thiophene rings is 1. The zero-order chi connectivity index (χ0) is 14.5. The van der Waals surface area contributed by atoms with Crippen molar-refractivity contribution in [1.29, 1.82) is 0 Å². The van der Waals surface area contributed by atoms with Crippen molar-refractivity contribution < 1.29 is 4.39 Å². The summed E-state index contributed by atoms with van der Waals surface area (Å²) >= 11 is 7.43. The zero-order valence-electron chi connectivity index (χ0n) is 11.1. The summed E-state index contributed by atoms with van der Waals surface area (Å²) in [5.74, 6) is -0.198. The Morgan fingerprint density at radius 1 is 1.45 bits per heavy atom. The predicted octanol–water partition coefficient (Wildman–Crippen LogP) is 5.54. The topological polar surface area (TPSA) is 12.0 Å². The Balaban J connectivity index is 2.21. The molecule has 0 aliphatic rings. The molecule has 108 valence electrons. The van der Waals surface area contributed by atoms with Crippen LogP contribution in [-0.2, 0) is 6.42 Å². The van der Waals surface area contributed by atoms with Gasteiger partial charge in [0.25, 0.3) is 0 Å². The van der Waals surface area contributed by atoms with Crippen molar-refractivity contribution in [2.24, 2.45) is 0 Å². The molecule has 1 atom stereocenters. The monoisotopic (exact) mass is 467 g/mol. The molecule has 5 heteroatoms. The maximum atomic E-state index is 13.6. The van der Waals surface area contributed by atoms with Gasteiger partial charge in [-0.2, -0.15) is 0 Å². The van der Waals surface area contributed by atoms with E-state index in [9.17, 15) is 4.39 Å². The van der Waals surface area contributed by atoms with Gasteiger partial charge < -0.3 is 5.32 Å². The molecular formula is C15H16BrFINS. The molecule has 0 fully saturated rings. The molecule has 1 unspecified atom stereocenters. The fourth-order valence-corrected chi connectivity index (χ4v) is 3.91. The molecular weight excluding hydrogens is 452 g/mol. The molecule has 0 spiro atoms. The maximum Gasteiger partial charge on any atom is 0.137 e. The van der Waals surface area contributed by atoms with Crippen molar-refractivity contribution in [3.8, 4) is 0 Å². The van der Waals surface area contributed by atoms with Gasteiger partial charge in [-0.1, -0.05) is 19.1 Å². The minimum Gasteiger partial charge on any atom is -0.310 e. The SMILES string of the molecule is CCCNC(Cc1cccc(F)c1Br)c1csc(I)c1. The summed E-state index contributed by atoms with van der Waals surface area (Å²) in [7, 11) is 0. The van der Waals surface area contributed by atoms with Crippen LogP contribution in [0, 0.1) is 8.70 Å². The molecule has 1 aromatic carbocycles. The van der Waals surface area contributed by atoms with E-state index in [0.29, 0.717) is 4.47 Å². The largest absolute Gasteiger partial charge is 0.310 e. The molecule has 1 nitrogen and oxygen atoms in total. The van der Waals surface area contributed by atoms with Gasteiger partial charge in [-0.3, -0.25) is 0 Å². The summed E-state index contributed by atoms with van der Waals surface area (Å²) < 4.78 is 15.5. The second-order valence-electron chi connectivity index (χ2n) is 4.61. The average Bonchev–Trinajstić information content (AvgIpc) is 2.86. The summed E-state index contributed by atoms with van der Waals surface area (Å²) in [5, 5.41) is 5.74. The van der Waals surface area contributed by atoms with E-state index < -0.39 is 0 Å². The lowest BCUT2D eigenvalue weighted by Crippen LogP contribution is -2.23. The van der Waals surface area contributed by atoms with E-state index in [2.05, 4.69) is 62.2 Å². The molecule has 0 radical (unpaired) electrons. The Labute approximate surface area is 145 Å². The van der Waals surface area contributed by atoms with Crippen molar-refractivity contribution in [1.82, 2.24) is 5.32 Å². The molecule has 2 aromatic rings. The molecule has 1 heterocycles. The lowest BCUT2D eigenvalue weighted by molar-refractivity contribution is 0.527. The molecule has 1 N–H and O–H groups in total. The van der Waals surface area contributed by atoms with Gasteiger partial charge in [0.15, 0.2) is 0 Å². The van der Waals surface area contributed by atoms with Crippen LogP contribution in [0.1, 0.15) is 30.5 Å². The van der Waals surface area contributed by atoms with Gasteiger partial charge in [0.05, 0.1) is 7.36 Å². The molecule has 0 amide bonds. The molecule has 0 aliphatic heterocycles.